The molecule has 180 valence electrons. The number of benzene rings is 3. The van der Waals surface area contributed by atoms with Crippen molar-refractivity contribution < 1.29 is 18.3 Å². The van der Waals surface area contributed by atoms with E-state index in [4.69, 9.17) is 12.2 Å². The Morgan fingerprint density at radius 1 is 1.00 bits per heavy atom. The van der Waals surface area contributed by atoms with Crippen LogP contribution in [0.25, 0.3) is 17.1 Å². The summed E-state index contributed by atoms with van der Waals surface area (Å²) in [5, 5.41) is 20.6. The zero-order chi connectivity index (χ0) is 25.0. The van der Waals surface area contributed by atoms with Crippen LogP contribution < -0.4 is 10.6 Å². The van der Waals surface area contributed by atoms with Gasteiger partial charge in [0.2, 0.25) is 0 Å². The van der Waals surface area contributed by atoms with Crippen LogP contribution in [0.1, 0.15) is 17.2 Å². The Bertz CT molecular complexity index is 1290. The fourth-order valence-electron chi connectivity index (χ4n) is 3.28. The third-order valence-corrected chi connectivity index (χ3v) is 5.86. The van der Waals surface area contributed by atoms with Gasteiger partial charge < -0.3 is 15.7 Å². The van der Waals surface area contributed by atoms with Crippen molar-refractivity contribution in [3.05, 3.63) is 94.7 Å². The fourth-order valence-corrected chi connectivity index (χ4v) is 3.80. The van der Waals surface area contributed by atoms with Crippen LogP contribution in [0.3, 0.4) is 0 Å². The number of thiocarbonyl (C=S) groups is 1. The number of aliphatic hydroxyl groups excluding tert-OH is 1. The number of anilines is 1. The number of nitrogens with zero attached hydrogens (tertiary/aromatic N) is 3. The van der Waals surface area contributed by atoms with Gasteiger partial charge in [-0.25, -0.2) is 9.67 Å². The minimum absolute atomic E-state index is 0.129. The monoisotopic (exact) mass is 561 g/mol. The minimum atomic E-state index is -4.39. The lowest BCUT2D eigenvalue weighted by atomic mass is 10.1. The lowest BCUT2D eigenvalue weighted by molar-refractivity contribution is -0.137. The number of hydrogen-bond acceptors (Lipinski definition) is 4. The van der Waals surface area contributed by atoms with E-state index < -0.39 is 11.7 Å². The highest BCUT2D eigenvalue weighted by Crippen LogP contribution is 2.29. The molecule has 4 aromatic rings. The number of nitrogens with one attached hydrogen (secondary N) is 2. The number of aliphatic hydroxyl groups is 1. The van der Waals surface area contributed by atoms with Gasteiger partial charge in [-0.05, 0) is 78.4 Å². The van der Waals surface area contributed by atoms with Crippen molar-refractivity contribution >= 4 is 38.9 Å². The van der Waals surface area contributed by atoms with Gasteiger partial charge in [0.25, 0.3) is 0 Å². The molecule has 0 radical (unpaired) electrons. The van der Waals surface area contributed by atoms with E-state index >= 15 is 0 Å². The second kappa shape index (κ2) is 10.5. The van der Waals surface area contributed by atoms with Crippen LogP contribution in [-0.4, -0.2) is 31.6 Å². The molecule has 1 atom stereocenters. The second-order valence-electron chi connectivity index (χ2n) is 7.52. The number of alkyl halides is 3. The average Bonchev–Trinajstić information content (AvgIpc) is 3.33. The molecular formula is C24H19BrF3N5OS. The van der Waals surface area contributed by atoms with Crippen LogP contribution in [0.2, 0.25) is 0 Å². The minimum Gasteiger partial charge on any atom is -0.394 e. The summed E-state index contributed by atoms with van der Waals surface area (Å²) in [4.78, 5) is 4.25. The fraction of sp³-hybridized carbons (Fsp3) is 0.125. The Morgan fingerprint density at radius 3 is 2.26 bits per heavy atom. The maximum absolute atomic E-state index is 12.8. The first-order valence-corrected chi connectivity index (χ1v) is 11.6. The smallest absolute Gasteiger partial charge is 0.394 e. The van der Waals surface area contributed by atoms with Gasteiger partial charge in [0.05, 0.1) is 23.9 Å². The van der Waals surface area contributed by atoms with Gasteiger partial charge in [0.1, 0.15) is 6.33 Å². The molecule has 11 heteroatoms. The van der Waals surface area contributed by atoms with Crippen LogP contribution in [0.15, 0.2) is 83.6 Å². The summed E-state index contributed by atoms with van der Waals surface area (Å²) in [7, 11) is 0. The summed E-state index contributed by atoms with van der Waals surface area (Å²) in [6.45, 7) is -0.129. The number of rotatable bonds is 6. The van der Waals surface area contributed by atoms with E-state index in [0.717, 1.165) is 33.4 Å². The summed E-state index contributed by atoms with van der Waals surface area (Å²) in [6, 6.07) is 19.1. The van der Waals surface area contributed by atoms with Gasteiger partial charge in [0, 0.05) is 15.7 Å². The summed E-state index contributed by atoms with van der Waals surface area (Å²) in [6.07, 6.45) is -2.95. The summed E-state index contributed by atoms with van der Waals surface area (Å²) in [5.74, 6) is 0.424. The largest absolute Gasteiger partial charge is 0.416 e. The van der Waals surface area contributed by atoms with E-state index in [9.17, 15) is 18.3 Å². The predicted molar refractivity (Wildman–Crippen MR) is 135 cm³/mol. The van der Waals surface area contributed by atoms with Crippen molar-refractivity contribution in [3.8, 4) is 17.1 Å². The van der Waals surface area contributed by atoms with Crippen molar-refractivity contribution in [2.24, 2.45) is 0 Å². The molecule has 0 saturated carbocycles. The Labute approximate surface area is 213 Å². The molecule has 35 heavy (non-hydrogen) atoms. The van der Waals surface area contributed by atoms with Crippen LogP contribution in [0.5, 0.6) is 0 Å². The Morgan fingerprint density at radius 2 is 1.66 bits per heavy atom. The SMILES string of the molecule is OCC(NC(=S)Nc1ccc(-c2ncn(-c3ccc(C(F)(F)F)cc3)n2)cc1)c1ccc(Br)cc1. The molecule has 1 aromatic heterocycles. The van der Waals surface area contributed by atoms with E-state index in [-0.39, 0.29) is 12.6 Å². The topological polar surface area (TPSA) is 75.0 Å². The number of halogens is 4. The molecule has 1 heterocycles. The van der Waals surface area contributed by atoms with Gasteiger partial charge in [0.15, 0.2) is 10.9 Å². The van der Waals surface area contributed by atoms with Gasteiger partial charge in [-0.1, -0.05) is 28.1 Å². The zero-order valence-corrected chi connectivity index (χ0v) is 20.4. The van der Waals surface area contributed by atoms with Gasteiger partial charge in [-0.15, -0.1) is 5.10 Å². The molecule has 0 bridgehead atoms. The Hall–Kier alpha value is -3.28. The molecule has 0 saturated heterocycles. The molecular weight excluding hydrogens is 543 g/mol. The van der Waals surface area contributed by atoms with Crippen molar-refractivity contribution in [3.63, 3.8) is 0 Å². The molecule has 0 aliphatic carbocycles. The number of hydrogen-bond donors (Lipinski definition) is 3. The highest BCUT2D eigenvalue weighted by Gasteiger charge is 2.30. The molecule has 3 N–H and O–H groups in total. The van der Waals surface area contributed by atoms with Gasteiger partial charge >= 0.3 is 6.18 Å². The van der Waals surface area contributed by atoms with Crippen molar-refractivity contribution in [2.75, 3.05) is 11.9 Å². The molecule has 0 aliphatic heterocycles. The molecule has 4 rings (SSSR count). The summed E-state index contributed by atoms with van der Waals surface area (Å²) in [5.41, 5.74) is 2.09. The van der Waals surface area contributed by atoms with Gasteiger partial charge in [-0.3, -0.25) is 0 Å². The first-order chi connectivity index (χ1) is 16.7. The van der Waals surface area contributed by atoms with Crippen molar-refractivity contribution in [2.45, 2.75) is 12.2 Å². The average molecular weight is 562 g/mol. The maximum atomic E-state index is 12.8. The maximum Gasteiger partial charge on any atom is 0.416 e. The molecule has 0 amide bonds. The first kappa shape index (κ1) is 24.8. The van der Waals surface area contributed by atoms with Crippen molar-refractivity contribution in [1.82, 2.24) is 20.1 Å². The second-order valence-corrected chi connectivity index (χ2v) is 8.84. The van der Waals surface area contributed by atoms with E-state index in [0.29, 0.717) is 16.6 Å². The molecule has 3 aromatic carbocycles. The van der Waals surface area contributed by atoms with Crippen LogP contribution in [0, 0.1) is 0 Å². The highest BCUT2D eigenvalue weighted by atomic mass is 79.9. The molecule has 1 unspecified atom stereocenters. The van der Waals surface area contributed by atoms with Crippen LogP contribution in [-0.2, 0) is 6.18 Å². The standard InChI is InChI=1S/C24H19BrF3N5OS/c25-18-7-1-15(2-8-18)21(13-34)31-23(35)30-19-9-3-16(4-10-19)22-29-14-33(32-22)20-11-5-17(6-12-20)24(26,27)28/h1-12,14,21,34H,13H2,(H2,30,31,35). The third-order valence-electron chi connectivity index (χ3n) is 5.11. The lowest BCUT2D eigenvalue weighted by Gasteiger charge is -2.19. The quantitative estimate of drug-likeness (QED) is 0.261. The van der Waals surface area contributed by atoms with Crippen LogP contribution in [0.4, 0.5) is 18.9 Å². The highest BCUT2D eigenvalue weighted by molar-refractivity contribution is 9.10. The zero-order valence-electron chi connectivity index (χ0n) is 18.0. The van der Waals surface area contributed by atoms with Crippen molar-refractivity contribution in [1.29, 1.82) is 0 Å². The molecule has 6 nitrogen and oxygen atoms in total. The normalized spacial score (nSPS) is 12.3. The molecule has 0 fully saturated rings. The van der Waals surface area contributed by atoms with Crippen LogP contribution >= 0.6 is 28.1 Å². The summed E-state index contributed by atoms with van der Waals surface area (Å²) < 4.78 is 40.7. The Balaban J connectivity index is 1.39. The first-order valence-electron chi connectivity index (χ1n) is 10.4. The lowest BCUT2D eigenvalue weighted by Crippen LogP contribution is -2.34. The van der Waals surface area contributed by atoms with E-state index in [1.54, 1.807) is 24.3 Å². The third kappa shape index (κ3) is 6.24. The van der Waals surface area contributed by atoms with E-state index in [1.807, 2.05) is 24.3 Å². The Kier molecular flexibility index (Phi) is 7.48. The molecule has 0 aliphatic rings. The predicted octanol–water partition coefficient (Wildman–Crippen LogP) is 5.74. The summed E-state index contributed by atoms with van der Waals surface area (Å²) >= 11 is 8.77. The molecule has 0 spiro atoms. The van der Waals surface area contributed by atoms with E-state index in [2.05, 4.69) is 36.6 Å². The van der Waals surface area contributed by atoms with Gasteiger partial charge in [-0.2, -0.15) is 13.2 Å². The number of aromatic nitrogens is 3. The van der Waals surface area contributed by atoms with E-state index in [1.165, 1.54) is 23.1 Å².